The first-order valence-electron chi connectivity index (χ1n) is 4.89. The maximum Gasteiger partial charge on any atom is 0.314 e. The van der Waals surface area contributed by atoms with Crippen LogP contribution in [0.25, 0.3) is 0 Å². The minimum atomic E-state index is -0.856. The lowest BCUT2D eigenvalue weighted by Crippen LogP contribution is -2.45. The Hall–Kier alpha value is -1.36. The molecule has 1 amide bonds. The van der Waals surface area contributed by atoms with Crippen molar-refractivity contribution < 1.29 is 19.4 Å². The molecule has 0 bridgehead atoms. The lowest BCUT2D eigenvalue weighted by molar-refractivity contribution is -0.146. The number of carbonyl (C=O) groups excluding carboxylic acids is 2. The van der Waals surface area contributed by atoms with Gasteiger partial charge in [-0.1, -0.05) is 0 Å². The van der Waals surface area contributed by atoms with Crippen molar-refractivity contribution in [2.24, 2.45) is 5.92 Å². The summed E-state index contributed by atoms with van der Waals surface area (Å²) in [7, 11) is 0. The van der Waals surface area contributed by atoms with E-state index >= 15 is 0 Å². The van der Waals surface area contributed by atoms with E-state index in [9.17, 15) is 14.7 Å². The van der Waals surface area contributed by atoms with Gasteiger partial charge in [0.05, 0.1) is 24.2 Å². The zero-order valence-corrected chi connectivity index (χ0v) is 9.03. The van der Waals surface area contributed by atoms with Crippen LogP contribution in [0.2, 0.25) is 0 Å². The second-order valence-electron chi connectivity index (χ2n) is 3.43. The predicted octanol–water partition coefficient (Wildman–Crippen LogP) is -0.0497. The number of amides is 1. The quantitative estimate of drug-likeness (QED) is 0.642. The van der Waals surface area contributed by atoms with Crippen molar-refractivity contribution in [2.45, 2.75) is 26.9 Å². The Kier molecular flexibility index (Phi) is 3.47. The standard InChI is InChI=1S/C10H15NO4/c1-4-15-10(14)5(2)8-7(6(3)12)9(13)11-8/h5-6,12H,4H2,1-3H3,(H,11,13). The van der Waals surface area contributed by atoms with Crippen molar-refractivity contribution in [2.75, 3.05) is 6.61 Å². The minimum absolute atomic E-state index is 0.274. The van der Waals surface area contributed by atoms with Crippen molar-refractivity contribution in [1.29, 1.82) is 0 Å². The largest absolute Gasteiger partial charge is 0.465 e. The average Bonchev–Trinajstić information content (AvgIpc) is 2.12. The molecule has 0 aromatic carbocycles. The Labute approximate surface area is 88.1 Å². The Morgan fingerprint density at radius 3 is 2.53 bits per heavy atom. The zero-order chi connectivity index (χ0) is 11.6. The third kappa shape index (κ3) is 2.18. The minimum Gasteiger partial charge on any atom is -0.465 e. The molecule has 1 rings (SSSR count). The highest BCUT2D eigenvalue weighted by Gasteiger charge is 2.36. The molecular formula is C10H15NO4. The van der Waals surface area contributed by atoms with Gasteiger partial charge in [-0.3, -0.25) is 9.59 Å². The number of esters is 1. The first-order chi connectivity index (χ1) is 6.99. The Morgan fingerprint density at radius 2 is 2.13 bits per heavy atom. The Balaban J connectivity index is 2.80. The van der Waals surface area contributed by atoms with E-state index in [2.05, 4.69) is 5.32 Å². The number of ether oxygens (including phenoxy) is 1. The van der Waals surface area contributed by atoms with Gasteiger partial charge in [0, 0.05) is 5.70 Å². The second-order valence-corrected chi connectivity index (χ2v) is 3.43. The normalized spacial score (nSPS) is 19.1. The fourth-order valence-electron chi connectivity index (χ4n) is 1.46. The molecule has 15 heavy (non-hydrogen) atoms. The zero-order valence-electron chi connectivity index (χ0n) is 9.03. The molecule has 0 saturated heterocycles. The van der Waals surface area contributed by atoms with E-state index in [1.54, 1.807) is 13.8 Å². The predicted molar refractivity (Wildman–Crippen MR) is 52.6 cm³/mol. The number of rotatable bonds is 4. The van der Waals surface area contributed by atoms with E-state index in [4.69, 9.17) is 4.74 Å². The van der Waals surface area contributed by atoms with Crippen molar-refractivity contribution in [3.8, 4) is 0 Å². The maximum atomic E-state index is 11.4. The van der Waals surface area contributed by atoms with Crippen LogP contribution in [-0.4, -0.2) is 29.7 Å². The van der Waals surface area contributed by atoms with Crippen LogP contribution in [-0.2, 0) is 14.3 Å². The van der Waals surface area contributed by atoms with Crippen LogP contribution in [0.5, 0.6) is 0 Å². The summed E-state index contributed by atoms with van der Waals surface area (Å²) < 4.78 is 4.82. The molecule has 0 radical (unpaired) electrons. The van der Waals surface area contributed by atoms with E-state index in [0.29, 0.717) is 12.3 Å². The van der Waals surface area contributed by atoms with Gasteiger partial charge in [-0.25, -0.2) is 0 Å². The molecule has 0 aromatic heterocycles. The van der Waals surface area contributed by atoms with Crippen LogP contribution in [0.3, 0.4) is 0 Å². The number of nitrogens with one attached hydrogen (secondary N) is 1. The molecule has 1 aliphatic rings. The molecule has 84 valence electrons. The third-order valence-corrected chi connectivity index (χ3v) is 2.27. The van der Waals surface area contributed by atoms with Crippen LogP contribution in [0.4, 0.5) is 0 Å². The van der Waals surface area contributed by atoms with Crippen molar-refractivity contribution in [3.63, 3.8) is 0 Å². The lowest BCUT2D eigenvalue weighted by atomic mass is 9.92. The van der Waals surface area contributed by atoms with Gasteiger partial charge < -0.3 is 15.2 Å². The third-order valence-electron chi connectivity index (χ3n) is 2.27. The Bertz CT molecular complexity index is 319. The lowest BCUT2D eigenvalue weighted by Gasteiger charge is -2.29. The fourth-order valence-corrected chi connectivity index (χ4v) is 1.46. The smallest absolute Gasteiger partial charge is 0.314 e. The van der Waals surface area contributed by atoms with Crippen LogP contribution in [0, 0.1) is 5.92 Å². The van der Waals surface area contributed by atoms with Gasteiger partial charge in [-0.2, -0.15) is 0 Å². The van der Waals surface area contributed by atoms with Gasteiger partial charge in [0.15, 0.2) is 0 Å². The fraction of sp³-hybridized carbons (Fsp3) is 0.600. The summed E-state index contributed by atoms with van der Waals surface area (Å²) in [6.07, 6.45) is -0.856. The molecule has 1 aliphatic heterocycles. The van der Waals surface area contributed by atoms with E-state index < -0.39 is 18.0 Å². The first-order valence-corrected chi connectivity index (χ1v) is 4.89. The van der Waals surface area contributed by atoms with E-state index in [1.807, 2.05) is 0 Å². The van der Waals surface area contributed by atoms with Gasteiger partial charge in [0.25, 0.3) is 5.91 Å². The van der Waals surface area contributed by atoms with E-state index in [-0.39, 0.29) is 11.5 Å². The van der Waals surface area contributed by atoms with Crippen molar-refractivity contribution in [1.82, 2.24) is 5.32 Å². The molecule has 2 unspecified atom stereocenters. The number of aliphatic hydroxyl groups is 1. The molecule has 2 atom stereocenters. The van der Waals surface area contributed by atoms with Crippen LogP contribution >= 0.6 is 0 Å². The summed E-state index contributed by atoms with van der Waals surface area (Å²) in [6, 6.07) is 0. The molecule has 0 spiro atoms. The highest BCUT2D eigenvalue weighted by Crippen LogP contribution is 2.24. The van der Waals surface area contributed by atoms with Crippen LogP contribution in [0.1, 0.15) is 20.8 Å². The number of carbonyl (C=O) groups is 2. The monoisotopic (exact) mass is 213 g/mol. The highest BCUT2D eigenvalue weighted by atomic mass is 16.5. The molecule has 0 aromatic rings. The summed E-state index contributed by atoms with van der Waals surface area (Å²) in [5.41, 5.74) is 0.740. The van der Waals surface area contributed by atoms with E-state index in [0.717, 1.165) is 0 Å². The molecule has 2 N–H and O–H groups in total. The highest BCUT2D eigenvalue weighted by molar-refractivity contribution is 6.04. The van der Waals surface area contributed by atoms with Gasteiger partial charge in [-0.05, 0) is 20.8 Å². The van der Waals surface area contributed by atoms with Gasteiger partial charge >= 0.3 is 5.97 Å². The first kappa shape index (κ1) is 11.7. The molecule has 5 heteroatoms. The van der Waals surface area contributed by atoms with Crippen LogP contribution in [0.15, 0.2) is 11.3 Å². The molecule has 0 fully saturated rings. The average molecular weight is 213 g/mol. The summed E-state index contributed by atoms with van der Waals surface area (Å²) >= 11 is 0. The topological polar surface area (TPSA) is 75.6 Å². The van der Waals surface area contributed by atoms with Gasteiger partial charge in [-0.15, -0.1) is 0 Å². The van der Waals surface area contributed by atoms with E-state index in [1.165, 1.54) is 6.92 Å². The maximum absolute atomic E-state index is 11.4. The van der Waals surface area contributed by atoms with Crippen molar-refractivity contribution >= 4 is 11.9 Å². The summed E-state index contributed by atoms with van der Waals surface area (Å²) in [6.45, 7) is 5.14. The molecular weight excluding hydrogens is 198 g/mol. The molecule has 0 aliphatic carbocycles. The second kappa shape index (κ2) is 4.44. The summed E-state index contributed by atoms with van der Waals surface area (Å²) in [4.78, 5) is 22.4. The summed E-state index contributed by atoms with van der Waals surface area (Å²) in [5.74, 6) is -1.26. The molecule has 0 saturated carbocycles. The number of aliphatic hydroxyl groups excluding tert-OH is 1. The SMILES string of the molecule is CCOC(=O)C(C)C1=C(C(C)O)C(=O)N1. The Morgan fingerprint density at radius 1 is 1.53 bits per heavy atom. The molecule has 1 heterocycles. The van der Waals surface area contributed by atoms with Crippen LogP contribution < -0.4 is 5.32 Å². The molecule has 5 nitrogen and oxygen atoms in total. The van der Waals surface area contributed by atoms with Crippen molar-refractivity contribution in [3.05, 3.63) is 11.3 Å². The number of hydrogen-bond donors (Lipinski definition) is 2. The van der Waals surface area contributed by atoms with Gasteiger partial charge in [0.2, 0.25) is 0 Å². The summed E-state index contributed by atoms with van der Waals surface area (Å²) in [5, 5.41) is 11.8. The van der Waals surface area contributed by atoms with Gasteiger partial charge in [0.1, 0.15) is 0 Å². The number of hydrogen-bond acceptors (Lipinski definition) is 4.